The molecule has 2 atom stereocenters. The molecule has 0 aliphatic heterocycles. The van der Waals surface area contributed by atoms with Gasteiger partial charge in [0.15, 0.2) is 5.78 Å². The smallest absolute Gasteiger partial charge is 0.166 e. The first kappa shape index (κ1) is 13.0. The van der Waals surface area contributed by atoms with Crippen LogP contribution in [0.4, 0.5) is 0 Å². The van der Waals surface area contributed by atoms with Gasteiger partial charge in [0.05, 0.1) is 10.0 Å². The van der Waals surface area contributed by atoms with Gasteiger partial charge in [0.1, 0.15) is 5.84 Å². The molecule has 0 bridgehead atoms. The molecule has 0 saturated heterocycles. The first-order valence-corrected chi connectivity index (χ1v) is 5.99. The zero-order chi connectivity index (χ0) is 13.3. The van der Waals surface area contributed by atoms with Gasteiger partial charge < -0.3 is 5.84 Å². The Morgan fingerprint density at radius 3 is 2.67 bits per heavy atom. The molecule has 1 aromatic rings. The molecule has 0 heterocycles. The minimum absolute atomic E-state index is 0.0379. The second-order valence-electron chi connectivity index (χ2n) is 4.04. The van der Waals surface area contributed by atoms with Crippen LogP contribution in [0.2, 0.25) is 10.0 Å². The molecular formula is C11H10Cl2N4O. The number of amidine groups is 1. The van der Waals surface area contributed by atoms with E-state index < -0.39 is 0 Å². The Morgan fingerprint density at radius 1 is 1.33 bits per heavy atom. The number of benzene rings is 1. The van der Waals surface area contributed by atoms with Gasteiger partial charge >= 0.3 is 0 Å². The van der Waals surface area contributed by atoms with E-state index in [0.717, 1.165) is 0 Å². The number of rotatable bonds is 3. The van der Waals surface area contributed by atoms with Crippen LogP contribution in [0.15, 0.2) is 28.5 Å². The SMILES string of the molecule is N=C(/N=N\N)C1C[C@@H]1C(=O)c1ccc(Cl)c(Cl)c1. The van der Waals surface area contributed by atoms with Crippen LogP contribution in [0.3, 0.4) is 0 Å². The van der Waals surface area contributed by atoms with E-state index in [-0.39, 0.29) is 23.5 Å². The van der Waals surface area contributed by atoms with Crippen LogP contribution in [-0.4, -0.2) is 11.6 Å². The summed E-state index contributed by atoms with van der Waals surface area (Å²) in [6.45, 7) is 0. The minimum atomic E-state index is -0.236. The van der Waals surface area contributed by atoms with Crippen molar-refractivity contribution >= 4 is 34.8 Å². The molecule has 1 aromatic carbocycles. The highest BCUT2D eigenvalue weighted by atomic mass is 35.5. The fraction of sp³-hybridized carbons (Fsp3) is 0.273. The molecule has 1 aliphatic rings. The van der Waals surface area contributed by atoms with Crippen LogP contribution in [-0.2, 0) is 0 Å². The van der Waals surface area contributed by atoms with Crippen molar-refractivity contribution < 1.29 is 4.79 Å². The average Bonchev–Trinajstić information content (AvgIpc) is 3.12. The number of Topliss-reactive ketones (excluding diaryl/α,β-unsaturated/α-hetero) is 1. The maximum Gasteiger partial charge on any atom is 0.166 e. The number of halogens is 2. The van der Waals surface area contributed by atoms with Gasteiger partial charge in [0, 0.05) is 17.4 Å². The Bertz CT molecular complexity index is 544. The van der Waals surface area contributed by atoms with Crippen LogP contribution < -0.4 is 5.84 Å². The second-order valence-corrected chi connectivity index (χ2v) is 4.86. The zero-order valence-electron chi connectivity index (χ0n) is 9.23. The molecule has 2 rings (SSSR count). The summed E-state index contributed by atoms with van der Waals surface area (Å²) in [4.78, 5) is 12.1. The van der Waals surface area contributed by atoms with E-state index in [1.54, 1.807) is 12.1 Å². The topological polar surface area (TPSA) is 91.7 Å². The Labute approximate surface area is 113 Å². The van der Waals surface area contributed by atoms with Crippen LogP contribution >= 0.6 is 23.2 Å². The van der Waals surface area contributed by atoms with Gasteiger partial charge in [-0.2, -0.15) is 0 Å². The summed E-state index contributed by atoms with van der Waals surface area (Å²) >= 11 is 11.6. The third-order valence-electron chi connectivity index (χ3n) is 2.85. The lowest BCUT2D eigenvalue weighted by Gasteiger charge is -2.01. The number of ketones is 1. The van der Waals surface area contributed by atoms with Gasteiger partial charge in [0.2, 0.25) is 0 Å². The molecule has 7 heteroatoms. The number of nitrogens with two attached hydrogens (primary N) is 1. The fourth-order valence-corrected chi connectivity index (χ4v) is 2.08. The standard InChI is InChI=1S/C11H10Cl2N4O/c12-8-2-1-5(3-9(8)13)10(18)6-4-7(6)11(14)16-17-15/h1-3,6-7H,4H2,(H3,14,15,16)/t6-,7?/m0/s1. The third-order valence-corrected chi connectivity index (χ3v) is 3.59. The van der Waals surface area contributed by atoms with Gasteiger partial charge in [0.25, 0.3) is 0 Å². The summed E-state index contributed by atoms with van der Waals surface area (Å²) in [6, 6.07) is 4.75. The van der Waals surface area contributed by atoms with Crippen molar-refractivity contribution in [2.75, 3.05) is 0 Å². The van der Waals surface area contributed by atoms with E-state index in [9.17, 15) is 4.79 Å². The quantitative estimate of drug-likeness (QED) is 0.223. The van der Waals surface area contributed by atoms with Crippen molar-refractivity contribution in [3.05, 3.63) is 33.8 Å². The minimum Gasteiger partial charge on any atom is -0.305 e. The van der Waals surface area contributed by atoms with Crippen molar-refractivity contribution in [3.8, 4) is 0 Å². The Balaban J connectivity index is 2.10. The predicted molar refractivity (Wildman–Crippen MR) is 69.2 cm³/mol. The van der Waals surface area contributed by atoms with Crippen LogP contribution in [0.25, 0.3) is 0 Å². The molecule has 18 heavy (non-hydrogen) atoms. The maximum atomic E-state index is 12.1. The number of hydrogen-bond donors (Lipinski definition) is 2. The zero-order valence-corrected chi connectivity index (χ0v) is 10.7. The number of carbonyl (C=O) groups excluding carboxylic acids is 1. The van der Waals surface area contributed by atoms with Gasteiger partial charge in [-0.15, -0.1) is 5.11 Å². The van der Waals surface area contributed by atoms with Crippen molar-refractivity contribution in [1.29, 1.82) is 5.41 Å². The maximum absolute atomic E-state index is 12.1. The Hall–Kier alpha value is -1.46. The lowest BCUT2D eigenvalue weighted by Crippen LogP contribution is -2.07. The summed E-state index contributed by atoms with van der Waals surface area (Å²) in [6.07, 6.45) is 0.594. The molecule has 1 saturated carbocycles. The van der Waals surface area contributed by atoms with E-state index in [0.29, 0.717) is 22.0 Å². The average molecular weight is 285 g/mol. The van der Waals surface area contributed by atoms with Crippen LogP contribution in [0.1, 0.15) is 16.8 Å². The van der Waals surface area contributed by atoms with E-state index in [2.05, 4.69) is 10.3 Å². The Kier molecular flexibility index (Phi) is 3.63. The molecule has 1 unspecified atom stereocenters. The Morgan fingerprint density at radius 2 is 2.06 bits per heavy atom. The summed E-state index contributed by atoms with van der Waals surface area (Å²) in [5, 5.41) is 14.8. The molecule has 5 nitrogen and oxygen atoms in total. The van der Waals surface area contributed by atoms with Gasteiger partial charge in [-0.05, 0) is 24.6 Å². The van der Waals surface area contributed by atoms with Crippen LogP contribution in [0.5, 0.6) is 0 Å². The van der Waals surface area contributed by atoms with Gasteiger partial charge in [-0.1, -0.05) is 28.4 Å². The van der Waals surface area contributed by atoms with E-state index >= 15 is 0 Å². The molecule has 1 fully saturated rings. The lowest BCUT2D eigenvalue weighted by atomic mass is 10.1. The number of hydrogen-bond acceptors (Lipinski definition) is 3. The molecule has 1 aliphatic carbocycles. The summed E-state index contributed by atoms with van der Waals surface area (Å²) in [5.41, 5.74) is 0.495. The molecule has 0 amide bonds. The second kappa shape index (κ2) is 5.04. The van der Waals surface area contributed by atoms with Crippen molar-refractivity contribution in [1.82, 2.24) is 0 Å². The van der Waals surface area contributed by atoms with Crippen molar-refractivity contribution in [2.45, 2.75) is 6.42 Å². The predicted octanol–water partition coefficient (Wildman–Crippen LogP) is 3.12. The highest BCUT2D eigenvalue weighted by Gasteiger charge is 2.46. The van der Waals surface area contributed by atoms with E-state index in [4.69, 9.17) is 34.5 Å². The molecule has 0 radical (unpaired) electrons. The molecular weight excluding hydrogens is 275 g/mol. The summed E-state index contributed by atoms with van der Waals surface area (Å²) < 4.78 is 0. The lowest BCUT2D eigenvalue weighted by molar-refractivity contribution is 0.0964. The number of nitrogens with zero attached hydrogens (tertiary/aromatic N) is 2. The molecule has 0 aromatic heterocycles. The highest BCUT2D eigenvalue weighted by molar-refractivity contribution is 6.42. The third kappa shape index (κ3) is 2.52. The monoisotopic (exact) mass is 284 g/mol. The summed E-state index contributed by atoms with van der Waals surface area (Å²) in [5.74, 6) is 4.41. The van der Waals surface area contributed by atoms with Crippen LogP contribution in [0, 0.1) is 17.2 Å². The van der Waals surface area contributed by atoms with Crippen molar-refractivity contribution in [3.63, 3.8) is 0 Å². The normalized spacial score (nSPS) is 22.1. The van der Waals surface area contributed by atoms with E-state index in [1.165, 1.54) is 6.07 Å². The number of carbonyl (C=O) groups is 1. The van der Waals surface area contributed by atoms with Gasteiger partial charge in [-0.3, -0.25) is 10.2 Å². The largest absolute Gasteiger partial charge is 0.305 e. The van der Waals surface area contributed by atoms with Crippen molar-refractivity contribution in [2.24, 2.45) is 28.0 Å². The summed E-state index contributed by atoms with van der Waals surface area (Å²) in [7, 11) is 0. The number of nitrogens with one attached hydrogen (secondary N) is 1. The van der Waals surface area contributed by atoms with E-state index in [1.807, 2.05) is 0 Å². The highest BCUT2D eigenvalue weighted by Crippen LogP contribution is 2.42. The first-order valence-electron chi connectivity index (χ1n) is 5.23. The molecule has 94 valence electrons. The molecule has 3 N–H and O–H groups in total. The first-order chi connectivity index (χ1) is 8.54. The molecule has 0 spiro atoms. The van der Waals surface area contributed by atoms with Gasteiger partial charge in [-0.25, -0.2) is 0 Å². The fourth-order valence-electron chi connectivity index (χ4n) is 1.79.